The van der Waals surface area contributed by atoms with E-state index in [0.717, 1.165) is 41.5 Å². The van der Waals surface area contributed by atoms with Crippen molar-refractivity contribution in [2.45, 2.75) is 32.6 Å². The molecule has 0 bridgehead atoms. The van der Waals surface area contributed by atoms with Gasteiger partial charge in [0.1, 0.15) is 10.6 Å². The third-order valence-corrected chi connectivity index (χ3v) is 6.82. The number of carbonyl (C=O) groups excluding carboxylic acids is 1. The highest BCUT2D eigenvalue weighted by molar-refractivity contribution is 7.19. The maximum atomic E-state index is 11.9. The lowest BCUT2D eigenvalue weighted by atomic mass is 9.89. The average Bonchev–Trinajstić information content (AvgIpc) is 2.93. The normalized spacial score (nSPS) is 20.0. The number of fused-ring (bicyclic) bond motifs is 3. The molecular formula is C21H23N5OS. The maximum Gasteiger partial charge on any atom is 0.221 e. The van der Waals surface area contributed by atoms with Crippen molar-refractivity contribution in [3.05, 3.63) is 35.0 Å². The highest BCUT2D eigenvalue weighted by Crippen LogP contribution is 2.42. The smallest absolute Gasteiger partial charge is 0.221 e. The number of aryl methyl sites for hydroxylation is 1. The van der Waals surface area contributed by atoms with Crippen LogP contribution in [-0.2, 0) is 17.6 Å². The summed E-state index contributed by atoms with van der Waals surface area (Å²) in [5.74, 6) is 2.52. The molecule has 0 aromatic carbocycles. The van der Waals surface area contributed by atoms with E-state index in [2.05, 4.69) is 22.1 Å². The summed E-state index contributed by atoms with van der Waals surface area (Å²) in [5.41, 5.74) is 2.35. The molecule has 1 unspecified atom stereocenters. The van der Waals surface area contributed by atoms with Gasteiger partial charge in [-0.25, -0.2) is 9.97 Å². The zero-order valence-electron chi connectivity index (χ0n) is 15.9. The highest BCUT2D eigenvalue weighted by atomic mass is 32.1. The molecule has 144 valence electrons. The molecule has 28 heavy (non-hydrogen) atoms. The molecule has 1 saturated heterocycles. The number of nitrogens with zero attached hydrogens (tertiary/aromatic N) is 4. The fourth-order valence-electron chi connectivity index (χ4n) is 4.15. The molecule has 0 spiro atoms. The fraction of sp³-hybridized carbons (Fsp3) is 0.429. The predicted molar refractivity (Wildman–Crippen MR) is 112 cm³/mol. The summed E-state index contributed by atoms with van der Waals surface area (Å²) in [4.78, 5) is 30.8. The molecule has 3 aromatic heterocycles. The van der Waals surface area contributed by atoms with Crippen molar-refractivity contribution in [2.24, 2.45) is 5.92 Å². The quantitative estimate of drug-likeness (QED) is 0.724. The topological polar surface area (TPSA) is 71.0 Å². The van der Waals surface area contributed by atoms with Gasteiger partial charge in [0, 0.05) is 48.9 Å². The molecule has 6 nitrogen and oxygen atoms in total. The van der Waals surface area contributed by atoms with Crippen LogP contribution in [0.15, 0.2) is 24.5 Å². The van der Waals surface area contributed by atoms with Gasteiger partial charge in [-0.15, -0.1) is 11.3 Å². The number of rotatable bonds is 2. The predicted octanol–water partition coefficient (Wildman–Crippen LogP) is 3.20. The summed E-state index contributed by atoms with van der Waals surface area (Å²) < 4.78 is 0. The van der Waals surface area contributed by atoms with Gasteiger partial charge in [0.25, 0.3) is 0 Å². The average molecular weight is 394 g/mol. The van der Waals surface area contributed by atoms with Crippen LogP contribution in [0.2, 0.25) is 0 Å². The van der Waals surface area contributed by atoms with Gasteiger partial charge in [0.2, 0.25) is 5.91 Å². The molecule has 1 fully saturated rings. The molecule has 1 N–H and O–H groups in total. The van der Waals surface area contributed by atoms with Crippen molar-refractivity contribution in [3.63, 3.8) is 0 Å². The lowest BCUT2D eigenvalue weighted by Crippen LogP contribution is -2.29. The fourth-order valence-corrected chi connectivity index (χ4v) is 5.53. The summed E-state index contributed by atoms with van der Waals surface area (Å²) in [5, 5.41) is 4.17. The van der Waals surface area contributed by atoms with Crippen molar-refractivity contribution in [1.82, 2.24) is 20.3 Å². The third kappa shape index (κ3) is 3.13. The van der Waals surface area contributed by atoms with E-state index in [9.17, 15) is 4.79 Å². The second kappa shape index (κ2) is 7.13. The first kappa shape index (κ1) is 17.6. The van der Waals surface area contributed by atoms with E-state index >= 15 is 0 Å². The van der Waals surface area contributed by atoms with Crippen molar-refractivity contribution < 1.29 is 4.79 Å². The first-order valence-electron chi connectivity index (χ1n) is 9.93. The molecule has 1 aliphatic heterocycles. The van der Waals surface area contributed by atoms with Gasteiger partial charge in [-0.1, -0.05) is 6.92 Å². The van der Waals surface area contributed by atoms with Gasteiger partial charge in [-0.05, 0) is 42.9 Å². The second-order valence-corrected chi connectivity index (χ2v) is 8.82. The summed E-state index contributed by atoms with van der Waals surface area (Å²) >= 11 is 1.82. The Bertz CT molecular complexity index is 1030. The van der Waals surface area contributed by atoms with Crippen LogP contribution in [0.4, 0.5) is 5.82 Å². The van der Waals surface area contributed by atoms with Gasteiger partial charge < -0.3 is 10.2 Å². The molecule has 3 aromatic rings. The SMILES string of the molecule is CC1CCc2c(sc3nc(-c4cccnc4)nc(N4CCNC(=O)CC4)c23)C1. The van der Waals surface area contributed by atoms with Crippen LogP contribution in [0.3, 0.4) is 0 Å². The molecule has 1 atom stereocenters. The van der Waals surface area contributed by atoms with E-state index in [-0.39, 0.29) is 5.91 Å². The zero-order chi connectivity index (χ0) is 19.1. The number of amides is 1. The van der Waals surface area contributed by atoms with E-state index in [0.29, 0.717) is 25.3 Å². The Balaban J connectivity index is 1.69. The van der Waals surface area contributed by atoms with Crippen LogP contribution >= 0.6 is 11.3 Å². The third-order valence-electron chi connectivity index (χ3n) is 5.67. The van der Waals surface area contributed by atoms with E-state index in [4.69, 9.17) is 9.97 Å². The maximum absolute atomic E-state index is 11.9. The number of thiophene rings is 1. The number of hydrogen-bond acceptors (Lipinski definition) is 6. The monoisotopic (exact) mass is 393 g/mol. The van der Waals surface area contributed by atoms with Gasteiger partial charge in [-0.2, -0.15) is 0 Å². The van der Waals surface area contributed by atoms with Gasteiger partial charge in [-0.3, -0.25) is 9.78 Å². The van der Waals surface area contributed by atoms with Crippen LogP contribution in [0, 0.1) is 5.92 Å². The van der Waals surface area contributed by atoms with Crippen LogP contribution in [0.1, 0.15) is 30.2 Å². The standard InChI is InChI=1S/C21H23N5OS/c1-13-4-5-15-16(11-13)28-21-18(15)20(26-9-6-17(27)23-8-10-26)24-19(25-21)14-3-2-7-22-12-14/h2-3,7,12-13H,4-6,8-11H2,1H3,(H,23,27). The highest BCUT2D eigenvalue weighted by Gasteiger charge is 2.27. The number of nitrogens with one attached hydrogen (secondary N) is 1. The Morgan fingerprint density at radius 1 is 1.25 bits per heavy atom. The van der Waals surface area contributed by atoms with Crippen molar-refractivity contribution in [3.8, 4) is 11.4 Å². The first-order chi connectivity index (χ1) is 13.7. The van der Waals surface area contributed by atoms with E-state index in [1.165, 1.54) is 22.2 Å². The lowest BCUT2D eigenvalue weighted by molar-refractivity contribution is -0.120. The number of anilines is 1. The summed E-state index contributed by atoms with van der Waals surface area (Å²) in [6, 6.07) is 3.92. The Morgan fingerprint density at radius 2 is 2.18 bits per heavy atom. The zero-order valence-corrected chi connectivity index (χ0v) is 16.8. The molecule has 0 radical (unpaired) electrons. The molecule has 0 saturated carbocycles. The molecule has 7 heteroatoms. The van der Waals surface area contributed by atoms with Crippen molar-refractivity contribution in [1.29, 1.82) is 0 Å². The minimum atomic E-state index is 0.112. The minimum absolute atomic E-state index is 0.112. The first-order valence-corrected chi connectivity index (χ1v) is 10.7. The number of pyridine rings is 1. The van der Waals surface area contributed by atoms with Crippen LogP contribution in [0.25, 0.3) is 21.6 Å². The summed E-state index contributed by atoms with van der Waals surface area (Å²) in [6.07, 6.45) is 7.50. The van der Waals surface area contributed by atoms with Crippen LogP contribution < -0.4 is 10.2 Å². The molecule has 1 aliphatic carbocycles. The molecule has 1 amide bonds. The Labute approximate surface area is 168 Å². The summed E-state index contributed by atoms with van der Waals surface area (Å²) in [7, 11) is 0. The minimum Gasteiger partial charge on any atom is -0.354 e. The van der Waals surface area contributed by atoms with Gasteiger partial charge in [0.15, 0.2) is 5.82 Å². The second-order valence-electron chi connectivity index (χ2n) is 7.73. The molecule has 2 aliphatic rings. The van der Waals surface area contributed by atoms with Gasteiger partial charge >= 0.3 is 0 Å². The number of hydrogen-bond donors (Lipinski definition) is 1. The van der Waals surface area contributed by atoms with Crippen molar-refractivity contribution in [2.75, 3.05) is 24.5 Å². The Morgan fingerprint density at radius 3 is 3.04 bits per heavy atom. The van der Waals surface area contributed by atoms with Crippen LogP contribution in [-0.4, -0.2) is 40.5 Å². The number of aromatic nitrogens is 3. The Hall–Kier alpha value is -2.54. The Kier molecular flexibility index (Phi) is 4.47. The molecule has 4 heterocycles. The largest absolute Gasteiger partial charge is 0.354 e. The van der Waals surface area contributed by atoms with E-state index in [1.54, 1.807) is 6.20 Å². The summed E-state index contributed by atoms with van der Waals surface area (Å²) in [6.45, 7) is 4.43. The van der Waals surface area contributed by atoms with Gasteiger partial charge in [0.05, 0.1) is 5.39 Å². The lowest BCUT2D eigenvalue weighted by Gasteiger charge is -2.24. The van der Waals surface area contributed by atoms with Crippen LogP contribution in [0.5, 0.6) is 0 Å². The van der Waals surface area contributed by atoms with E-state index < -0.39 is 0 Å². The van der Waals surface area contributed by atoms with E-state index in [1.807, 2.05) is 29.7 Å². The van der Waals surface area contributed by atoms with Crippen molar-refractivity contribution >= 4 is 33.3 Å². The number of carbonyl (C=O) groups is 1. The molecule has 5 rings (SSSR count). The molecular weight excluding hydrogens is 370 g/mol.